The van der Waals surface area contributed by atoms with Crippen molar-refractivity contribution in [3.8, 4) is 6.07 Å². The van der Waals surface area contributed by atoms with Crippen molar-refractivity contribution in [1.82, 2.24) is 4.31 Å². The Labute approximate surface area is 122 Å². The first-order valence-electron chi connectivity index (χ1n) is 6.20. The van der Waals surface area contributed by atoms with Crippen LogP contribution in [0.1, 0.15) is 5.56 Å². The second-order valence-electron chi connectivity index (χ2n) is 4.60. The fourth-order valence-electron chi connectivity index (χ4n) is 2.33. The highest BCUT2D eigenvalue weighted by Crippen LogP contribution is 2.26. The van der Waals surface area contributed by atoms with Gasteiger partial charge >= 0.3 is 0 Å². The van der Waals surface area contributed by atoms with Crippen LogP contribution in [0, 0.1) is 17.1 Å². The Morgan fingerprint density at radius 1 is 1.29 bits per heavy atom. The molecule has 0 bridgehead atoms. The zero-order valence-corrected chi connectivity index (χ0v) is 12.4. The number of sulfonamides is 1. The van der Waals surface area contributed by atoms with Gasteiger partial charge in [-0.1, -0.05) is 6.07 Å². The predicted octanol–water partition coefficient (Wildman–Crippen LogP) is 0.732. The van der Waals surface area contributed by atoms with Crippen molar-refractivity contribution in [3.63, 3.8) is 0 Å². The minimum Gasteiger partial charge on any atom is -0.377 e. The van der Waals surface area contributed by atoms with Gasteiger partial charge in [-0.2, -0.15) is 9.57 Å². The molecule has 1 aliphatic heterocycles. The van der Waals surface area contributed by atoms with Gasteiger partial charge in [-0.15, -0.1) is 0 Å². The summed E-state index contributed by atoms with van der Waals surface area (Å²) in [5.41, 5.74) is -0.479. The van der Waals surface area contributed by atoms with Gasteiger partial charge in [0.05, 0.1) is 12.2 Å². The van der Waals surface area contributed by atoms with Crippen molar-refractivity contribution in [1.29, 1.82) is 5.26 Å². The van der Waals surface area contributed by atoms with Gasteiger partial charge in [0.15, 0.2) is 0 Å². The minimum atomic E-state index is -3.98. The second-order valence-corrected chi connectivity index (χ2v) is 6.50. The number of hydrogen-bond acceptors (Lipinski definition) is 5. The Morgan fingerprint density at radius 3 is 2.33 bits per heavy atom. The predicted molar refractivity (Wildman–Crippen MR) is 71.5 cm³/mol. The lowest BCUT2D eigenvalue weighted by molar-refractivity contribution is -0.00461. The number of ether oxygens (including phenoxy) is 2. The Balaban J connectivity index is 2.41. The van der Waals surface area contributed by atoms with Crippen LogP contribution in [0.5, 0.6) is 0 Å². The number of halogens is 1. The van der Waals surface area contributed by atoms with Gasteiger partial charge < -0.3 is 9.47 Å². The highest BCUT2D eigenvalue weighted by molar-refractivity contribution is 7.89. The molecule has 1 saturated heterocycles. The zero-order valence-electron chi connectivity index (χ0n) is 11.6. The second kappa shape index (κ2) is 6.07. The number of methoxy groups -OCH3 is 2. The van der Waals surface area contributed by atoms with Crippen LogP contribution < -0.4 is 0 Å². The van der Waals surface area contributed by atoms with Crippen molar-refractivity contribution in [2.75, 3.05) is 27.3 Å². The molecule has 0 spiro atoms. The van der Waals surface area contributed by atoms with Gasteiger partial charge in [-0.25, -0.2) is 12.8 Å². The third-order valence-corrected chi connectivity index (χ3v) is 5.37. The van der Waals surface area contributed by atoms with Crippen LogP contribution in [0.2, 0.25) is 0 Å². The van der Waals surface area contributed by atoms with Crippen molar-refractivity contribution >= 4 is 10.0 Å². The molecule has 0 radical (unpaired) electrons. The molecule has 2 unspecified atom stereocenters. The van der Waals surface area contributed by atoms with E-state index < -0.39 is 33.6 Å². The highest BCUT2D eigenvalue weighted by Gasteiger charge is 2.40. The summed E-state index contributed by atoms with van der Waals surface area (Å²) in [5.74, 6) is -0.857. The van der Waals surface area contributed by atoms with Crippen molar-refractivity contribution in [2.24, 2.45) is 0 Å². The number of nitrogens with zero attached hydrogens (tertiary/aromatic N) is 2. The average molecular weight is 314 g/mol. The fraction of sp³-hybridized carbons (Fsp3) is 0.462. The molecule has 21 heavy (non-hydrogen) atoms. The summed E-state index contributed by atoms with van der Waals surface area (Å²) in [6, 6.07) is 5.14. The SMILES string of the molecule is COC1CN(S(=O)(=O)c2cccc(F)c2C#N)CC1OC. The van der Waals surface area contributed by atoms with Gasteiger partial charge in [0.25, 0.3) is 0 Å². The van der Waals surface area contributed by atoms with E-state index in [-0.39, 0.29) is 18.0 Å². The molecule has 1 aliphatic rings. The molecule has 1 heterocycles. The van der Waals surface area contributed by atoms with E-state index in [2.05, 4.69) is 0 Å². The molecule has 1 aromatic rings. The maximum Gasteiger partial charge on any atom is 0.244 e. The first-order valence-corrected chi connectivity index (χ1v) is 7.64. The first kappa shape index (κ1) is 15.9. The number of hydrogen-bond donors (Lipinski definition) is 0. The summed E-state index contributed by atoms with van der Waals surface area (Å²) in [7, 11) is -1.04. The Morgan fingerprint density at radius 2 is 1.86 bits per heavy atom. The van der Waals surface area contributed by atoms with E-state index in [1.807, 2.05) is 0 Å². The highest BCUT2D eigenvalue weighted by atomic mass is 32.2. The minimum absolute atomic E-state index is 0.0960. The van der Waals surface area contributed by atoms with Crippen molar-refractivity contribution < 1.29 is 22.3 Å². The maximum atomic E-state index is 13.6. The van der Waals surface area contributed by atoms with E-state index in [0.717, 1.165) is 10.4 Å². The molecule has 1 fully saturated rings. The summed E-state index contributed by atoms with van der Waals surface area (Å²) in [5, 5.41) is 8.98. The molecule has 8 heteroatoms. The van der Waals surface area contributed by atoms with Crippen LogP contribution in [0.3, 0.4) is 0 Å². The molecule has 0 aromatic heterocycles. The standard InChI is InChI=1S/C13H15FN2O4S/c1-19-11-7-16(8-12(11)20-2)21(17,18)13-5-3-4-10(14)9(13)6-15/h3-5,11-12H,7-8H2,1-2H3. The average Bonchev–Trinajstić information content (AvgIpc) is 2.91. The van der Waals surface area contributed by atoms with E-state index in [1.54, 1.807) is 6.07 Å². The molecule has 0 N–H and O–H groups in total. The molecule has 1 aromatic carbocycles. The van der Waals surface area contributed by atoms with Crippen LogP contribution in [-0.2, 0) is 19.5 Å². The van der Waals surface area contributed by atoms with Crippen LogP contribution in [0.25, 0.3) is 0 Å². The normalized spacial score (nSPS) is 23.1. The number of nitriles is 1. The Kier molecular flexibility index (Phi) is 4.58. The van der Waals surface area contributed by atoms with E-state index in [9.17, 15) is 12.8 Å². The smallest absolute Gasteiger partial charge is 0.244 e. The lowest BCUT2D eigenvalue weighted by Crippen LogP contribution is -2.31. The molecule has 0 aliphatic carbocycles. The Bertz CT molecular complexity index is 659. The van der Waals surface area contributed by atoms with Gasteiger partial charge in [-0.05, 0) is 12.1 Å². The van der Waals surface area contributed by atoms with Gasteiger partial charge in [0.1, 0.15) is 22.3 Å². The van der Waals surface area contributed by atoms with Gasteiger partial charge in [0.2, 0.25) is 10.0 Å². The summed E-state index contributed by atoms with van der Waals surface area (Å²) >= 11 is 0. The fourth-order valence-corrected chi connectivity index (χ4v) is 3.94. The first-order chi connectivity index (χ1) is 9.95. The lowest BCUT2D eigenvalue weighted by atomic mass is 10.2. The van der Waals surface area contributed by atoms with E-state index in [1.165, 1.54) is 26.4 Å². The van der Waals surface area contributed by atoms with Gasteiger partial charge in [-0.3, -0.25) is 0 Å². The maximum absolute atomic E-state index is 13.6. The molecular formula is C13H15FN2O4S. The molecule has 0 amide bonds. The quantitative estimate of drug-likeness (QED) is 0.818. The topological polar surface area (TPSA) is 79.6 Å². The monoisotopic (exact) mass is 314 g/mol. The van der Waals surface area contributed by atoms with E-state index in [4.69, 9.17) is 14.7 Å². The van der Waals surface area contributed by atoms with Crippen LogP contribution in [0.4, 0.5) is 4.39 Å². The number of benzene rings is 1. The summed E-state index contributed by atoms with van der Waals surface area (Å²) < 4.78 is 50.3. The summed E-state index contributed by atoms with van der Waals surface area (Å²) in [6.45, 7) is 0.192. The molecular weight excluding hydrogens is 299 g/mol. The Hall–Kier alpha value is -1.53. The third kappa shape index (κ3) is 2.78. The van der Waals surface area contributed by atoms with E-state index >= 15 is 0 Å². The van der Waals surface area contributed by atoms with Crippen LogP contribution >= 0.6 is 0 Å². The summed E-state index contributed by atoms with van der Waals surface area (Å²) in [4.78, 5) is -0.336. The third-order valence-electron chi connectivity index (χ3n) is 3.49. The molecule has 2 atom stereocenters. The van der Waals surface area contributed by atoms with Crippen LogP contribution in [-0.4, -0.2) is 52.2 Å². The van der Waals surface area contributed by atoms with Gasteiger partial charge in [0, 0.05) is 27.3 Å². The molecule has 114 valence electrons. The lowest BCUT2D eigenvalue weighted by Gasteiger charge is -2.16. The van der Waals surface area contributed by atoms with Crippen LogP contribution in [0.15, 0.2) is 23.1 Å². The number of rotatable bonds is 4. The summed E-state index contributed by atoms with van der Waals surface area (Å²) in [6.07, 6.45) is -0.798. The van der Waals surface area contributed by atoms with E-state index in [0.29, 0.717) is 0 Å². The van der Waals surface area contributed by atoms with Crippen molar-refractivity contribution in [3.05, 3.63) is 29.6 Å². The largest absolute Gasteiger partial charge is 0.377 e. The molecule has 2 rings (SSSR count). The van der Waals surface area contributed by atoms with Crippen molar-refractivity contribution in [2.45, 2.75) is 17.1 Å². The molecule has 0 saturated carbocycles. The molecule has 6 nitrogen and oxygen atoms in total. The zero-order chi connectivity index (χ0) is 15.6.